The second-order valence-electron chi connectivity index (χ2n) is 4.94. The van der Waals surface area contributed by atoms with Crippen molar-refractivity contribution in [3.63, 3.8) is 0 Å². The summed E-state index contributed by atoms with van der Waals surface area (Å²) in [5, 5.41) is 9.54. The third-order valence-electron chi connectivity index (χ3n) is 2.65. The zero-order valence-electron chi connectivity index (χ0n) is 12.8. The van der Waals surface area contributed by atoms with Gasteiger partial charge in [-0.2, -0.15) is 0 Å². The minimum Gasteiger partial charge on any atom is -0.511 e. The standard InChI is InChI=1S/C15H26O5/c1-5-7-11(3)19-14(17)9-13(16)10-15(18)20-12(4)8-6-2/h9,11-12,16H,5-8,10H2,1-4H3/b13-9-. The lowest BCUT2D eigenvalue weighted by Gasteiger charge is -2.12. The highest BCUT2D eigenvalue weighted by molar-refractivity contribution is 5.84. The molecule has 2 unspecified atom stereocenters. The molecule has 0 saturated carbocycles. The van der Waals surface area contributed by atoms with Crippen molar-refractivity contribution in [1.29, 1.82) is 0 Å². The smallest absolute Gasteiger partial charge is 0.334 e. The first-order valence-corrected chi connectivity index (χ1v) is 7.18. The molecule has 0 fully saturated rings. The summed E-state index contributed by atoms with van der Waals surface area (Å²) < 4.78 is 10.1. The lowest BCUT2D eigenvalue weighted by Crippen LogP contribution is -2.16. The molecule has 0 aliphatic heterocycles. The van der Waals surface area contributed by atoms with Gasteiger partial charge in [-0.05, 0) is 26.7 Å². The number of hydrogen-bond acceptors (Lipinski definition) is 5. The van der Waals surface area contributed by atoms with Crippen LogP contribution in [0.25, 0.3) is 0 Å². The Kier molecular flexibility index (Phi) is 9.51. The number of carbonyl (C=O) groups is 2. The van der Waals surface area contributed by atoms with Crippen LogP contribution in [0.15, 0.2) is 11.8 Å². The first-order chi connectivity index (χ1) is 9.38. The molecule has 5 nitrogen and oxygen atoms in total. The van der Waals surface area contributed by atoms with Crippen LogP contribution in [0, 0.1) is 0 Å². The van der Waals surface area contributed by atoms with Crippen molar-refractivity contribution in [2.24, 2.45) is 0 Å². The number of esters is 2. The minimum absolute atomic E-state index is 0.183. The predicted molar refractivity (Wildman–Crippen MR) is 76.3 cm³/mol. The molecule has 20 heavy (non-hydrogen) atoms. The quantitative estimate of drug-likeness (QED) is 0.400. The van der Waals surface area contributed by atoms with E-state index in [1.54, 1.807) is 13.8 Å². The van der Waals surface area contributed by atoms with Crippen LogP contribution >= 0.6 is 0 Å². The largest absolute Gasteiger partial charge is 0.511 e. The Balaban J connectivity index is 4.17. The van der Waals surface area contributed by atoms with Crippen molar-refractivity contribution in [2.45, 2.75) is 72.0 Å². The van der Waals surface area contributed by atoms with Gasteiger partial charge in [0.05, 0.1) is 18.3 Å². The van der Waals surface area contributed by atoms with Gasteiger partial charge in [-0.25, -0.2) is 4.79 Å². The van der Waals surface area contributed by atoms with Crippen molar-refractivity contribution in [1.82, 2.24) is 0 Å². The maximum Gasteiger partial charge on any atom is 0.334 e. The van der Waals surface area contributed by atoms with Crippen LogP contribution in [-0.2, 0) is 19.1 Å². The van der Waals surface area contributed by atoms with Crippen LogP contribution in [0.2, 0.25) is 0 Å². The van der Waals surface area contributed by atoms with Crippen LogP contribution in [0.4, 0.5) is 0 Å². The average molecular weight is 286 g/mol. The van der Waals surface area contributed by atoms with Crippen molar-refractivity contribution in [3.05, 3.63) is 11.8 Å². The Morgan fingerprint density at radius 1 is 1.05 bits per heavy atom. The van der Waals surface area contributed by atoms with Crippen LogP contribution in [-0.4, -0.2) is 29.3 Å². The summed E-state index contributed by atoms with van der Waals surface area (Å²) in [6.45, 7) is 7.57. The van der Waals surface area contributed by atoms with Gasteiger partial charge >= 0.3 is 11.9 Å². The molecule has 0 spiro atoms. The van der Waals surface area contributed by atoms with E-state index in [1.807, 2.05) is 13.8 Å². The monoisotopic (exact) mass is 286 g/mol. The van der Waals surface area contributed by atoms with Gasteiger partial charge in [0.25, 0.3) is 0 Å². The van der Waals surface area contributed by atoms with Crippen molar-refractivity contribution >= 4 is 11.9 Å². The van der Waals surface area contributed by atoms with E-state index in [4.69, 9.17) is 9.47 Å². The van der Waals surface area contributed by atoms with Crippen molar-refractivity contribution in [2.75, 3.05) is 0 Å². The molecule has 0 amide bonds. The van der Waals surface area contributed by atoms with Gasteiger partial charge in [0, 0.05) is 0 Å². The number of aliphatic hydroxyl groups excluding tert-OH is 1. The predicted octanol–water partition coefficient (Wildman–Crippen LogP) is 3.28. The first kappa shape index (κ1) is 18.5. The molecule has 0 bridgehead atoms. The summed E-state index contributed by atoms with van der Waals surface area (Å²) in [6, 6.07) is 0. The molecular formula is C15H26O5. The Hall–Kier alpha value is -1.52. The van der Waals surface area contributed by atoms with Gasteiger partial charge in [0.15, 0.2) is 0 Å². The summed E-state index contributed by atoms with van der Waals surface area (Å²) in [6.07, 6.45) is 3.58. The van der Waals surface area contributed by atoms with E-state index in [0.717, 1.165) is 31.8 Å². The maximum absolute atomic E-state index is 11.5. The summed E-state index contributed by atoms with van der Waals surface area (Å²) in [4.78, 5) is 22.9. The molecule has 116 valence electrons. The molecule has 0 saturated heterocycles. The molecular weight excluding hydrogens is 260 g/mol. The van der Waals surface area contributed by atoms with Gasteiger partial charge in [0.1, 0.15) is 12.2 Å². The number of rotatable bonds is 9. The average Bonchev–Trinajstić information content (AvgIpc) is 2.27. The van der Waals surface area contributed by atoms with Gasteiger partial charge < -0.3 is 14.6 Å². The van der Waals surface area contributed by atoms with Crippen LogP contribution in [0.5, 0.6) is 0 Å². The molecule has 0 aromatic carbocycles. The maximum atomic E-state index is 11.5. The highest BCUT2D eigenvalue weighted by Gasteiger charge is 2.13. The van der Waals surface area contributed by atoms with Gasteiger partial charge in [-0.3, -0.25) is 4.79 Å². The van der Waals surface area contributed by atoms with E-state index in [1.165, 1.54) is 0 Å². The molecule has 0 aromatic rings. The van der Waals surface area contributed by atoms with Gasteiger partial charge in [-0.1, -0.05) is 26.7 Å². The third kappa shape index (κ3) is 9.42. The molecule has 2 atom stereocenters. The Labute approximate surface area is 121 Å². The van der Waals surface area contributed by atoms with E-state index < -0.39 is 11.9 Å². The molecule has 0 aliphatic carbocycles. The van der Waals surface area contributed by atoms with Crippen LogP contribution in [0.1, 0.15) is 59.8 Å². The van der Waals surface area contributed by atoms with E-state index in [9.17, 15) is 14.7 Å². The summed E-state index contributed by atoms with van der Waals surface area (Å²) >= 11 is 0. The summed E-state index contributed by atoms with van der Waals surface area (Å²) in [5.41, 5.74) is 0. The molecule has 0 heterocycles. The summed E-state index contributed by atoms with van der Waals surface area (Å²) in [7, 11) is 0. The number of carbonyl (C=O) groups excluding carboxylic acids is 2. The topological polar surface area (TPSA) is 72.8 Å². The highest BCUT2D eigenvalue weighted by Crippen LogP contribution is 2.07. The fraction of sp³-hybridized carbons (Fsp3) is 0.733. The SMILES string of the molecule is CCCC(C)OC(=O)/C=C(\O)CC(=O)OC(C)CCC. The van der Waals surface area contributed by atoms with E-state index in [2.05, 4.69) is 0 Å². The molecule has 0 aliphatic rings. The Bertz CT molecular complexity index is 335. The first-order valence-electron chi connectivity index (χ1n) is 7.18. The molecule has 1 N–H and O–H groups in total. The number of hydrogen-bond donors (Lipinski definition) is 1. The van der Waals surface area contributed by atoms with Crippen molar-refractivity contribution < 1.29 is 24.2 Å². The second kappa shape index (κ2) is 10.3. The zero-order chi connectivity index (χ0) is 15.5. The van der Waals surface area contributed by atoms with E-state index >= 15 is 0 Å². The van der Waals surface area contributed by atoms with E-state index in [-0.39, 0.29) is 24.4 Å². The Morgan fingerprint density at radius 3 is 2.05 bits per heavy atom. The summed E-state index contributed by atoms with van der Waals surface area (Å²) in [5.74, 6) is -1.53. The Morgan fingerprint density at radius 2 is 1.55 bits per heavy atom. The van der Waals surface area contributed by atoms with E-state index in [0.29, 0.717) is 0 Å². The molecule has 0 rings (SSSR count). The second-order valence-corrected chi connectivity index (χ2v) is 4.94. The third-order valence-corrected chi connectivity index (χ3v) is 2.65. The van der Waals surface area contributed by atoms with Crippen molar-refractivity contribution in [3.8, 4) is 0 Å². The number of ether oxygens (including phenoxy) is 2. The van der Waals surface area contributed by atoms with Gasteiger partial charge in [-0.15, -0.1) is 0 Å². The van der Waals surface area contributed by atoms with Gasteiger partial charge in [0.2, 0.25) is 0 Å². The van der Waals surface area contributed by atoms with Crippen LogP contribution in [0.3, 0.4) is 0 Å². The fourth-order valence-electron chi connectivity index (χ4n) is 1.76. The zero-order valence-corrected chi connectivity index (χ0v) is 12.8. The van der Waals surface area contributed by atoms with Crippen LogP contribution < -0.4 is 0 Å². The minimum atomic E-state index is -0.641. The molecule has 0 aromatic heterocycles. The lowest BCUT2D eigenvalue weighted by atomic mass is 10.2. The number of aliphatic hydroxyl groups is 1. The normalized spacial score (nSPS) is 14.5. The highest BCUT2D eigenvalue weighted by atomic mass is 16.5. The molecule has 5 heteroatoms. The fourth-order valence-corrected chi connectivity index (χ4v) is 1.76. The lowest BCUT2D eigenvalue weighted by molar-refractivity contribution is -0.148. The molecule has 0 radical (unpaired) electrons.